The number of rotatable bonds is 2. The zero-order valence-electron chi connectivity index (χ0n) is 11.0. The molecule has 21 heavy (non-hydrogen) atoms. The Labute approximate surface area is 117 Å². The fourth-order valence-corrected chi connectivity index (χ4v) is 2.49. The van der Waals surface area contributed by atoms with Crippen LogP contribution in [0.25, 0.3) is 0 Å². The van der Waals surface area contributed by atoms with Gasteiger partial charge in [-0.25, -0.2) is 4.98 Å². The molecule has 0 bridgehead atoms. The van der Waals surface area contributed by atoms with Crippen LogP contribution in [0.1, 0.15) is 39.9 Å². The average Bonchev–Trinajstić information content (AvgIpc) is 3.04. The Kier molecular flexibility index (Phi) is 2.99. The number of alkyl halides is 3. The number of nitrogens with zero attached hydrogens (tertiary/aromatic N) is 3. The van der Waals surface area contributed by atoms with Crippen molar-refractivity contribution >= 4 is 5.91 Å². The maximum absolute atomic E-state index is 12.7. The highest BCUT2D eigenvalue weighted by Crippen LogP contribution is 2.31. The number of hydrogen-bond acceptors (Lipinski definition) is 3. The van der Waals surface area contributed by atoms with E-state index < -0.39 is 17.8 Å². The summed E-state index contributed by atoms with van der Waals surface area (Å²) < 4.78 is 39.9. The van der Waals surface area contributed by atoms with Crippen LogP contribution in [0.15, 0.2) is 12.5 Å². The first-order chi connectivity index (χ1) is 9.88. The standard InChI is InChI=1S/C12H12F3N5O/c1-6-9(18-19-10(6)12(13,14)15)11(21)17-7-2-3-20-5-16-4-8(7)20/h4-5,7H,2-3H2,1H3,(H,17,21)(H,18,19). The second-order valence-corrected chi connectivity index (χ2v) is 4.90. The van der Waals surface area contributed by atoms with E-state index in [1.54, 1.807) is 12.5 Å². The molecule has 1 atom stereocenters. The second kappa shape index (κ2) is 4.61. The van der Waals surface area contributed by atoms with Gasteiger partial charge in [-0.05, 0) is 13.3 Å². The lowest BCUT2D eigenvalue weighted by atomic mass is 10.1. The zero-order valence-corrected chi connectivity index (χ0v) is 11.0. The van der Waals surface area contributed by atoms with Crippen LogP contribution in [-0.4, -0.2) is 25.7 Å². The van der Waals surface area contributed by atoms with E-state index in [1.165, 1.54) is 6.92 Å². The van der Waals surface area contributed by atoms with E-state index in [4.69, 9.17) is 0 Å². The number of H-pyrrole nitrogens is 1. The fourth-order valence-electron chi connectivity index (χ4n) is 2.49. The third-order valence-electron chi connectivity index (χ3n) is 3.57. The van der Waals surface area contributed by atoms with Crippen LogP contribution in [0, 0.1) is 6.92 Å². The van der Waals surface area contributed by atoms with Gasteiger partial charge in [0.2, 0.25) is 0 Å². The molecule has 112 valence electrons. The minimum Gasteiger partial charge on any atom is -0.342 e. The molecule has 1 aliphatic rings. The summed E-state index contributed by atoms with van der Waals surface area (Å²) in [6.45, 7) is 1.94. The van der Waals surface area contributed by atoms with Gasteiger partial charge >= 0.3 is 6.18 Å². The number of fused-ring (bicyclic) bond motifs is 1. The lowest BCUT2D eigenvalue weighted by Gasteiger charge is -2.11. The Morgan fingerprint density at radius 2 is 2.29 bits per heavy atom. The Bertz CT molecular complexity index is 687. The fraction of sp³-hybridized carbons (Fsp3) is 0.417. The number of aromatic nitrogens is 4. The molecule has 0 aromatic carbocycles. The molecule has 6 nitrogen and oxygen atoms in total. The van der Waals surface area contributed by atoms with Crippen LogP contribution in [0.5, 0.6) is 0 Å². The third-order valence-corrected chi connectivity index (χ3v) is 3.57. The highest BCUT2D eigenvalue weighted by Gasteiger charge is 2.37. The summed E-state index contributed by atoms with van der Waals surface area (Å²) in [5.74, 6) is -0.626. The van der Waals surface area contributed by atoms with E-state index >= 15 is 0 Å². The number of aryl methyl sites for hydroxylation is 1. The first-order valence-corrected chi connectivity index (χ1v) is 6.31. The van der Waals surface area contributed by atoms with Gasteiger partial charge in [0.15, 0.2) is 5.69 Å². The lowest BCUT2D eigenvalue weighted by Crippen LogP contribution is -2.28. The van der Waals surface area contributed by atoms with Crippen molar-refractivity contribution in [3.05, 3.63) is 35.2 Å². The van der Waals surface area contributed by atoms with Crippen LogP contribution in [0.4, 0.5) is 13.2 Å². The molecule has 2 aromatic rings. The normalized spacial score (nSPS) is 17.8. The first kappa shape index (κ1) is 13.7. The first-order valence-electron chi connectivity index (χ1n) is 6.31. The van der Waals surface area contributed by atoms with Crippen LogP contribution in [-0.2, 0) is 12.7 Å². The van der Waals surface area contributed by atoms with Gasteiger partial charge in [0.05, 0.1) is 24.3 Å². The molecule has 1 amide bonds. The maximum atomic E-state index is 12.7. The van der Waals surface area contributed by atoms with Crippen molar-refractivity contribution in [2.24, 2.45) is 0 Å². The van der Waals surface area contributed by atoms with Crippen molar-refractivity contribution in [2.45, 2.75) is 32.1 Å². The molecule has 0 fully saturated rings. The van der Waals surface area contributed by atoms with Crippen molar-refractivity contribution in [3.8, 4) is 0 Å². The van der Waals surface area contributed by atoms with Gasteiger partial charge in [-0.15, -0.1) is 0 Å². The quantitative estimate of drug-likeness (QED) is 0.888. The SMILES string of the molecule is Cc1c(C(=O)NC2CCn3cncc32)n[nH]c1C(F)(F)F. The van der Waals surface area contributed by atoms with Crippen LogP contribution in [0.3, 0.4) is 0 Å². The minimum atomic E-state index is -4.55. The number of imidazole rings is 1. The number of aromatic amines is 1. The molecule has 2 aromatic heterocycles. The smallest absolute Gasteiger partial charge is 0.342 e. The van der Waals surface area contributed by atoms with E-state index in [0.29, 0.717) is 13.0 Å². The molecule has 0 aliphatic carbocycles. The maximum Gasteiger partial charge on any atom is 0.433 e. The second-order valence-electron chi connectivity index (χ2n) is 4.90. The minimum absolute atomic E-state index is 0.202. The molecule has 3 heterocycles. The number of amides is 1. The molecule has 0 saturated carbocycles. The Balaban J connectivity index is 1.80. The van der Waals surface area contributed by atoms with Crippen LogP contribution in [0.2, 0.25) is 0 Å². The van der Waals surface area contributed by atoms with Crippen molar-refractivity contribution in [3.63, 3.8) is 0 Å². The summed E-state index contributed by atoms with van der Waals surface area (Å²) in [6, 6.07) is -0.259. The van der Waals surface area contributed by atoms with E-state index in [1.807, 2.05) is 9.67 Å². The summed E-state index contributed by atoms with van der Waals surface area (Å²) in [6.07, 6.45) is -0.583. The van der Waals surface area contributed by atoms with Gasteiger partial charge in [-0.3, -0.25) is 9.89 Å². The Morgan fingerprint density at radius 1 is 1.52 bits per heavy atom. The van der Waals surface area contributed by atoms with Crippen molar-refractivity contribution in [1.29, 1.82) is 0 Å². The van der Waals surface area contributed by atoms with E-state index in [0.717, 1.165) is 5.69 Å². The van der Waals surface area contributed by atoms with Gasteiger partial charge in [0.1, 0.15) is 5.69 Å². The summed E-state index contributed by atoms with van der Waals surface area (Å²) >= 11 is 0. The van der Waals surface area contributed by atoms with Crippen molar-refractivity contribution in [1.82, 2.24) is 25.1 Å². The van der Waals surface area contributed by atoms with Gasteiger partial charge in [-0.1, -0.05) is 0 Å². The molecule has 0 spiro atoms. The molecule has 1 unspecified atom stereocenters. The summed E-state index contributed by atoms with van der Waals surface area (Å²) in [5.41, 5.74) is -0.594. The van der Waals surface area contributed by atoms with Gasteiger partial charge < -0.3 is 9.88 Å². The van der Waals surface area contributed by atoms with Crippen LogP contribution >= 0.6 is 0 Å². The van der Waals surface area contributed by atoms with Gasteiger partial charge in [0, 0.05) is 12.1 Å². The lowest BCUT2D eigenvalue weighted by molar-refractivity contribution is -0.141. The summed E-state index contributed by atoms with van der Waals surface area (Å²) in [4.78, 5) is 16.1. The predicted octanol–water partition coefficient (Wildman–Crippen LogP) is 1.81. The highest BCUT2D eigenvalue weighted by atomic mass is 19.4. The molecular weight excluding hydrogens is 287 g/mol. The molecule has 0 saturated heterocycles. The summed E-state index contributed by atoms with van der Waals surface area (Å²) in [5, 5.41) is 8.06. The highest BCUT2D eigenvalue weighted by molar-refractivity contribution is 5.94. The number of carbonyl (C=O) groups excluding carboxylic acids is 1. The number of hydrogen-bond donors (Lipinski definition) is 2. The number of halogens is 3. The summed E-state index contributed by atoms with van der Waals surface area (Å²) in [7, 11) is 0. The van der Waals surface area contributed by atoms with Crippen molar-refractivity contribution in [2.75, 3.05) is 0 Å². The molecule has 9 heteroatoms. The van der Waals surface area contributed by atoms with E-state index in [9.17, 15) is 18.0 Å². The zero-order chi connectivity index (χ0) is 15.2. The Morgan fingerprint density at radius 3 is 2.95 bits per heavy atom. The average molecular weight is 299 g/mol. The number of carbonyl (C=O) groups is 1. The van der Waals surface area contributed by atoms with Crippen LogP contribution < -0.4 is 5.32 Å². The van der Waals surface area contributed by atoms with E-state index in [-0.39, 0.29) is 17.3 Å². The largest absolute Gasteiger partial charge is 0.433 e. The third kappa shape index (κ3) is 2.28. The molecule has 3 rings (SSSR count). The predicted molar refractivity (Wildman–Crippen MR) is 65.4 cm³/mol. The molecule has 1 aliphatic heterocycles. The molecule has 2 N–H and O–H groups in total. The topological polar surface area (TPSA) is 75.6 Å². The van der Waals surface area contributed by atoms with Gasteiger partial charge in [0.25, 0.3) is 5.91 Å². The Hall–Kier alpha value is -2.32. The van der Waals surface area contributed by atoms with E-state index in [2.05, 4.69) is 15.4 Å². The monoisotopic (exact) mass is 299 g/mol. The molecular formula is C12H12F3N5O. The number of nitrogens with one attached hydrogen (secondary N) is 2. The van der Waals surface area contributed by atoms with Gasteiger partial charge in [-0.2, -0.15) is 18.3 Å². The molecule has 0 radical (unpaired) electrons. The van der Waals surface area contributed by atoms with Crippen molar-refractivity contribution < 1.29 is 18.0 Å².